The largest absolute Gasteiger partial charge is 0.477 e. The molecule has 1 amide bonds. The number of H-pyrrole nitrogens is 1. The second-order valence-corrected chi connectivity index (χ2v) is 7.90. The van der Waals surface area contributed by atoms with E-state index in [2.05, 4.69) is 15.2 Å². The van der Waals surface area contributed by atoms with Gasteiger partial charge in [-0.3, -0.25) is 19.5 Å². The first kappa shape index (κ1) is 19.9. The Morgan fingerprint density at radius 3 is 2.78 bits per heavy atom. The maximum absolute atomic E-state index is 13.1. The lowest BCUT2D eigenvalue weighted by atomic mass is 10.1. The molecule has 0 saturated heterocycles. The van der Waals surface area contributed by atoms with Crippen LogP contribution in [0.1, 0.15) is 23.7 Å². The number of benzene rings is 1. The van der Waals surface area contributed by atoms with Gasteiger partial charge < -0.3 is 4.74 Å². The van der Waals surface area contributed by atoms with E-state index in [0.29, 0.717) is 29.2 Å². The molecule has 0 aliphatic carbocycles. The lowest BCUT2D eigenvalue weighted by Gasteiger charge is -2.32. The van der Waals surface area contributed by atoms with Crippen LogP contribution in [0.5, 0.6) is 5.75 Å². The fourth-order valence-electron chi connectivity index (χ4n) is 3.97. The molecule has 0 radical (unpaired) electrons. The monoisotopic (exact) mass is 427 g/mol. The van der Waals surface area contributed by atoms with Gasteiger partial charge in [-0.05, 0) is 56.2 Å². The third-order valence-corrected chi connectivity index (χ3v) is 5.80. The predicted molar refractivity (Wildman–Crippen MR) is 121 cm³/mol. The summed E-state index contributed by atoms with van der Waals surface area (Å²) >= 11 is 0. The molecule has 8 heteroatoms. The summed E-state index contributed by atoms with van der Waals surface area (Å²) in [5, 5.41) is 7.55. The first-order chi connectivity index (χ1) is 15.4. The van der Waals surface area contributed by atoms with E-state index < -0.39 is 6.10 Å². The highest BCUT2D eigenvalue weighted by molar-refractivity contribution is 5.99. The predicted octanol–water partition coefficient (Wildman–Crippen LogP) is 3.31. The van der Waals surface area contributed by atoms with E-state index in [1.54, 1.807) is 30.3 Å². The molecule has 1 aromatic carbocycles. The molecule has 0 unspecified atom stereocenters. The number of carbonyl (C=O) groups excluding carboxylic acids is 1. The molecule has 3 aromatic heterocycles. The molecule has 0 fully saturated rings. The van der Waals surface area contributed by atoms with Crippen LogP contribution in [0.15, 0.2) is 53.6 Å². The average Bonchev–Trinajstić information content (AvgIpc) is 2.78. The fraction of sp³-hybridized carbons (Fsp3) is 0.208. The molecule has 5 rings (SSSR count). The summed E-state index contributed by atoms with van der Waals surface area (Å²) in [7, 11) is 0. The summed E-state index contributed by atoms with van der Waals surface area (Å²) in [5.41, 5.74) is 4.05. The number of nitrogens with zero attached hydrogens (tertiary/aromatic N) is 4. The number of rotatable bonds is 3. The van der Waals surface area contributed by atoms with Crippen LogP contribution in [-0.2, 0) is 11.3 Å². The molecule has 0 bridgehead atoms. The molecular formula is C24H21N5O3. The number of carbonyl (C=O) groups is 1. The summed E-state index contributed by atoms with van der Waals surface area (Å²) in [5.74, 6) is 0.839. The molecule has 1 aliphatic rings. The lowest BCUT2D eigenvalue weighted by molar-refractivity contribution is -0.125. The van der Waals surface area contributed by atoms with Gasteiger partial charge in [-0.2, -0.15) is 5.10 Å². The van der Waals surface area contributed by atoms with E-state index in [-0.39, 0.29) is 11.5 Å². The highest BCUT2D eigenvalue weighted by atomic mass is 16.5. The number of hydrogen-bond donors (Lipinski definition) is 1. The first-order valence-corrected chi connectivity index (χ1v) is 10.3. The van der Waals surface area contributed by atoms with E-state index in [0.717, 1.165) is 27.8 Å². The van der Waals surface area contributed by atoms with Crippen LogP contribution in [0.4, 0.5) is 5.82 Å². The van der Waals surface area contributed by atoms with E-state index in [1.807, 2.05) is 44.2 Å². The van der Waals surface area contributed by atoms with Gasteiger partial charge in [-0.15, -0.1) is 0 Å². The number of aryl methyl sites for hydroxylation is 2. The van der Waals surface area contributed by atoms with Gasteiger partial charge in [-0.1, -0.05) is 12.1 Å². The molecule has 32 heavy (non-hydrogen) atoms. The number of ether oxygens (including phenoxy) is 1. The Morgan fingerprint density at radius 2 is 1.97 bits per heavy atom. The molecule has 4 heterocycles. The fourth-order valence-corrected chi connectivity index (χ4v) is 3.97. The Labute approximate surface area is 183 Å². The Kier molecular flexibility index (Phi) is 4.70. The third kappa shape index (κ3) is 3.30. The van der Waals surface area contributed by atoms with Crippen molar-refractivity contribution < 1.29 is 9.53 Å². The molecule has 8 nitrogen and oxygen atoms in total. The van der Waals surface area contributed by atoms with Gasteiger partial charge in [0.15, 0.2) is 17.7 Å². The van der Waals surface area contributed by atoms with Crippen LogP contribution in [-0.4, -0.2) is 32.2 Å². The van der Waals surface area contributed by atoms with Gasteiger partial charge >= 0.3 is 0 Å². The zero-order valence-corrected chi connectivity index (χ0v) is 17.9. The van der Waals surface area contributed by atoms with Gasteiger partial charge in [0, 0.05) is 22.8 Å². The van der Waals surface area contributed by atoms with Gasteiger partial charge in [0.25, 0.3) is 11.5 Å². The number of aromatic amines is 1. The van der Waals surface area contributed by atoms with Crippen molar-refractivity contribution in [3.63, 3.8) is 0 Å². The minimum Gasteiger partial charge on any atom is -0.477 e. The normalized spacial score (nSPS) is 15.5. The topological polar surface area (TPSA) is 101 Å². The van der Waals surface area contributed by atoms with Crippen molar-refractivity contribution in [2.24, 2.45) is 0 Å². The molecule has 1 aliphatic heterocycles. The van der Waals surface area contributed by atoms with E-state index in [1.165, 1.54) is 0 Å². The summed E-state index contributed by atoms with van der Waals surface area (Å²) in [6, 6.07) is 11.1. The number of nitrogens with one attached hydrogen (secondary N) is 1. The van der Waals surface area contributed by atoms with Crippen molar-refractivity contribution in [2.45, 2.75) is 33.4 Å². The van der Waals surface area contributed by atoms with Crippen molar-refractivity contribution in [1.82, 2.24) is 20.2 Å². The smallest absolute Gasteiger partial charge is 0.272 e. The number of aromatic nitrogens is 4. The number of fused-ring (bicyclic) bond motifs is 2. The van der Waals surface area contributed by atoms with Crippen molar-refractivity contribution >= 4 is 22.5 Å². The number of pyridine rings is 2. The Balaban J connectivity index is 1.61. The molecule has 1 N–H and O–H groups in total. The van der Waals surface area contributed by atoms with Crippen LogP contribution in [0.3, 0.4) is 0 Å². The minimum absolute atomic E-state index is 0.161. The molecule has 160 valence electrons. The van der Waals surface area contributed by atoms with Gasteiger partial charge in [0.2, 0.25) is 0 Å². The Morgan fingerprint density at radius 1 is 1.12 bits per heavy atom. The quantitative estimate of drug-likeness (QED) is 0.538. The van der Waals surface area contributed by atoms with E-state index in [4.69, 9.17) is 9.72 Å². The maximum atomic E-state index is 13.1. The zero-order valence-electron chi connectivity index (χ0n) is 17.9. The standard InChI is InChI=1S/C24H21N5O3/c1-13-8-9-25-14(2)19(13)12-29-22-21(32-15(3)24(29)31)7-6-20(27-22)16-4-5-17-11-26-28-23(30)18(17)10-16/h4-11,15H,12H2,1-3H3,(H,28,30)/t15-/m1/s1. The molecule has 0 saturated carbocycles. The van der Waals surface area contributed by atoms with Crippen LogP contribution >= 0.6 is 0 Å². The van der Waals surface area contributed by atoms with Crippen molar-refractivity contribution in [3.05, 3.63) is 76.0 Å². The van der Waals surface area contributed by atoms with E-state index in [9.17, 15) is 9.59 Å². The molecule has 1 atom stereocenters. The molecule has 0 spiro atoms. The SMILES string of the molecule is Cc1ccnc(C)c1CN1C(=O)[C@@H](C)Oc2ccc(-c3ccc4cn[nH]c(=O)c4c3)nc21. The molecule has 4 aromatic rings. The van der Waals surface area contributed by atoms with E-state index >= 15 is 0 Å². The summed E-state index contributed by atoms with van der Waals surface area (Å²) in [4.78, 5) is 36.1. The van der Waals surface area contributed by atoms with Crippen molar-refractivity contribution in [1.29, 1.82) is 0 Å². The van der Waals surface area contributed by atoms with Crippen LogP contribution in [0.25, 0.3) is 22.0 Å². The second-order valence-electron chi connectivity index (χ2n) is 7.90. The van der Waals surface area contributed by atoms with Crippen LogP contribution in [0, 0.1) is 13.8 Å². The number of anilines is 1. The second kappa shape index (κ2) is 7.56. The third-order valence-electron chi connectivity index (χ3n) is 5.80. The van der Waals surface area contributed by atoms with Crippen LogP contribution in [0.2, 0.25) is 0 Å². The summed E-state index contributed by atoms with van der Waals surface area (Å²) < 4.78 is 5.82. The van der Waals surface area contributed by atoms with Crippen LogP contribution < -0.4 is 15.2 Å². The minimum atomic E-state index is -0.612. The van der Waals surface area contributed by atoms with Gasteiger partial charge in [-0.25, -0.2) is 10.1 Å². The summed E-state index contributed by atoms with van der Waals surface area (Å²) in [6.07, 6.45) is 2.76. The lowest BCUT2D eigenvalue weighted by Crippen LogP contribution is -2.44. The first-order valence-electron chi connectivity index (χ1n) is 10.3. The Hall–Kier alpha value is -4.07. The average molecular weight is 427 g/mol. The van der Waals surface area contributed by atoms with Gasteiger partial charge in [0.1, 0.15) is 0 Å². The van der Waals surface area contributed by atoms with Gasteiger partial charge in [0.05, 0.1) is 23.8 Å². The summed E-state index contributed by atoms with van der Waals surface area (Å²) in [6.45, 7) is 6.02. The number of amides is 1. The number of hydrogen-bond acceptors (Lipinski definition) is 6. The highest BCUT2D eigenvalue weighted by Crippen LogP contribution is 2.36. The zero-order chi connectivity index (χ0) is 22.4. The molecular weight excluding hydrogens is 406 g/mol. The highest BCUT2D eigenvalue weighted by Gasteiger charge is 2.33. The van der Waals surface area contributed by atoms with Crippen molar-refractivity contribution in [3.8, 4) is 17.0 Å². The Bertz CT molecular complexity index is 1410. The maximum Gasteiger partial charge on any atom is 0.272 e. The van der Waals surface area contributed by atoms with Crippen molar-refractivity contribution in [2.75, 3.05) is 4.90 Å².